The number of rotatable bonds is 0. The maximum absolute atomic E-state index is 6.47. The predicted octanol–water partition coefficient (Wildman–Crippen LogP) is 1.46. The van der Waals surface area contributed by atoms with Crippen LogP contribution in [-0.4, -0.2) is 31.1 Å². The van der Waals surface area contributed by atoms with Gasteiger partial charge in [0, 0.05) is 18.0 Å². The first-order chi connectivity index (χ1) is 6.72. The molecule has 3 fully saturated rings. The summed E-state index contributed by atoms with van der Waals surface area (Å²) in [4.78, 5) is 2.50. The van der Waals surface area contributed by atoms with Crippen LogP contribution in [0, 0.1) is 17.3 Å². The molecular weight excluding hydrogens is 172 g/mol. The molecule has 0 amide bonds. The Morgan fingerprint density at radius 2 is 2.21 bits per heavy atom. The van der Waals surface area contributed by atoms with Gasteiger partial charge in [-0.25, -0.2) is 0 Å². The summed E-state index contributed by atoms with van der Waals surface area (Å²) in [5.41, 5.74) is 6.99. The zero-order chi connectivity index (χ0) is 9.76. The summed E-state index contributed by atoms with van der Waals surface area (Å²) in [7, 11) is 2.26. The van der Waals surface area contributed by atoms with Gasteiger partial charge in [-0.2, -0.15) is 0 Å². The fourth-order valence-electron chi connectivity index (χ4n) is 4.55. The van der Waals surface area contributed by atoms with Crippen molar-refractivity contribution in [3.8, 4) is 0 Å². The quantitative estimate of drug-likeness (QED) is 0.632. The van der Waals surface area contributed by atoms with Gasteiger partial charge in [-0.3, -0.25) is 0 Å². The fraction of sp³-hybridized carbons (Fsp3) is 1.00. The van der Waals surface area contributed by atoms with Gasteiger partial charge in [0.05, 0.1) is 0 Å². The van der Waals surface area contributed by atoms with E-state index in [9.17, 15) is 0 Å². The number of fused-ring (bicyclic) bond motifs is 3. The third-order valence-corrected chi connectivity index (χ3v) is 5.20. The van der Waals surface area contributed by atoms with Gasteiger partial charge >= 0.3 is 0 Å². The second-order valence-electron chi connectivity index (χ2n) is 5.87. The van der Waals surface area contributed by atoms with Crippen LogP contribution in [0.25, 0.3) is 0 Å². The fourth-order valence-corrected chi connectivity index (χ4v) is 4.55. The molecule has 3 unspecified atom stereocenters. The predicted molar refractivity (Wildman–Crippen MR) is 58.0 cm³/mol. The van der Waals surface area contributed by atoms with E-state index in [-0.39, 0.29) is 0 Å². The molecule has 0 aromatic heterocycles. The number of likely N-dealkylation sites (tertiary alicyclic amines) is 1. The van der Waals surface area contributed by atoms with Gasteiger partial charge in [0.15, 0.2) is 0 Å². The SMILES string of the molecule is CN1CCCC2(C1)C1CCC(C1)[C@H]2N. The lowest BCUT2D eigenvalue weighted by atomic mass is 9.65. The van der Waals surface area contributed by atoms with E-state index in [1.165, 1.54) is 45.2 Å². The molecule has 0 radical (unpaired) electrons. The highest BCUT2D eigenvalue weighted by molar-refractivity contribution is 5.10. The average molecular weight is 194 g/mol. The highest BCUT2D eigenvalue weighted by Gasteiger charge is 2.57. The molecule has 2 heteroatoms. The van der Waals surface area contributed by atoms with E-state index in [2.05, 4.69) is 11.9 Å². The molecule has 2 bridgehead atoms. The van der Waals surface area contributed by atoms with Crippen LogP contribution in [0.5, 0.6) is 0 Å². The molecule has 1 aliphatic heterocycles. The molecule has 3 aliphatic rings. The molecule has 2 aliphatic carbocycles. The zero-order valence-corrected chi connectivity index (χ0v) is 9.21. The number of hydrogen-bond donors (Lipinski definition) is 1. The molecule has 1 spiro atoms. The molecule has 4 atom stereocenters. The zero-order valence-electron chi connectivity index (χ0n) is 9.21. The minimum Gasteiger partial charge on any atom is -0.327 e. The molecular formula is C12H22N2. The molecule has 80 valence electrons. The van der Waals surface area contributed by atoms with E-state index in [1.807, 2.05) is 0 Å². The van der Waals surface area contributed by atoms with Crippen LogP contribution in [0.4, 0.5) is 0 Å². The third kappa shape index (κ3) is 1.04. The van der Waals surface area contributed by atoms with Crippen molar-refractivity contribution in [2.75, 3.05) is 20.1 Å². The summed E-state index contributed by atoms with van der Waals surface area (Å²) in [6.45, 7) is 2.56. The maximum Gasteiger partial charge on any atom is 0.0139 e. The summed E-state index contributed by atoms with van der Waals surface area (Å²) in [6.07, 6.45) is 7.09. The molecule has 2 N–H and O–H groups in total. The first-order valence-corrected chi connectivity index (χ1v) is 6.16. The molecule has 1 heterocycles. The molecule has 0 aromatic carbocycles. The van der Waals surface area contributed by atoms with Crippen LogP contribution in [0.15, 0.2) is 0 Å². The van der Waals surface area contributed by atoms with Gasteiger partial charge in [0.25, 0.3) is 0 Å². The van der Waals surface area contributed by atoms with Crippen molar-refractivity contribution >= 4 is 0 Å². The first kappa shape index (κ1) is 9.17. The summed E-state index contributed by atoms with van der Waals surface area (Å²) in [5, 5.41) is 0. The highest BCUT2D eigenvalue weighted by Crippen LogP contribution is 2.58. The Balaban J connectivity index is 1.87. The van der Waals surface area contributed by atoms with Crippen molar-refractivity contribution in [3.05, 3.63) is 0 Å². The van der Waals surface area contributed by atoms with Crippen LogP contribution < -0.4 is 5.73 Å². The van der Waals surface area contributed by atoms with Crippen molar-refractivity contribution < 1.29 is 0 Å². The lowest BCUT2D eigenvalue weighted by Gasteiger charge is -2.48. The van der Waals surface area contributed by atoms with Gasteiger partial charge < -0.3 is 10.6 Å². The van der Waals surface area contributed by atoms with Crippen LogP contribution in [-0.2, 0) is 0 Å². The molecule has 2 saturated carbocycles. The number of nitrogens with two attached hydrogens (primary N) is 1. The Labute approximate surface area is 86.8 Å². The monoisotopic (exact) mass is 194 g/mol. The Hall–Kier alpha value is -0.0800. The van der Waals surface area contributed by atoms with Crippen molar-refractivity contribution in [1.29, 1.82) is 0 Å². The summed E-state index contributed by atoms with van der Waals surface area (Å²) in [5.74, 6) is 1.83. The molecule has 14 heavy (non-hydrogen) atoms. The summed E-state index contributed by atoms with van der Waals surface area (Å²) in [6, 6.07) is 0.518. The van der Waals surface area contributed by atoms with E-state index in [0.29, 0.717) is 11.5 Å². The molecule has 3 rings (SSSR count). The number of hydrogen-bond acceptors (Lipinski definition) is 2. The minimum absolute atomic E-state index is 0.518. The third-order valence-electron chi connectivity index (χ3n) is 5.20. The summed E-state index contributed by atoms with van der Waals surface area (Å²) < 4.78 is 0. The van der Waals surface area contributed by atoms with Gasteiger partial charge in [0.1, 0.15) is 0 Å². The van der Waals surface area contributed by atoms with Crippen LogP contribution in [0.2, 0.25) is 0 Å². The number of piperidine rings is 1. The standard InChI is InChI=1S/C12H22N2/c1-14-6-2-5-12(8-14)10-4-3-9(7-10)11(12)13/h9-11H,2-8,13H2,1H3/t9?,10?,11-,12?/m1/s1. The molecule has 0 aromatic rings. The second-order valence-corrected chi connectivity index (χ2v) is 5.87. The van der Waals surface area contributed by atoms with Crippen molar-refractivity contribution in [2.24, 2.45) is 23.0 Å². The Bertz CT molecular complexity index is 236. The average Bonchev–Trinajstić information content (AvgIpc) is 2.71. The maximum atomic E-state index is 6.47. The van der Waals surface area contributed by atoms with Gasteiger partial charge in [-0.15, -0.1) is 0 Å². The topological polar surface area (TPSA) is 29.3 Å². The van der Waals surface area contributed by atoms with Crippen molar-refractivity contribution in [2.45, 2.75) is 38.1 Å². The Morgan fingerprint density at radius 1 is 1.36 bits per heavy atom. The van der Waals surface area contributed by atoms with Gasteiger partial charge in [-0.05, 0) is 57.5 Å². The van der Waals surface area contributed by atoms with Gasteiger partial charge in [0.2, 0.25) is 0 Å². The normalized spacial score (nSPS) is 53.1. The Morgan fingerprint density at radius 3 is 2.86 bits per heavy atom. The van der Waals surface area contributed by atoms with Crippen molar-refractivity contribution in [3.63, 3.8) is 0 Å². The summed E-state index contributed by atoms with van der Waals surface area (Å²) >= 11 is 0. The lowest BCUT2D eigenvalue weighted by Crippen LogP contribution is -2.54. The van der Waals surface area contributed by atoms with E-state index in [4.69, 9.17) is 5.73 Å². The lowest BCUT2D eigenvalue weighted by molar-refractivity contribution is 0.0348. The van der Waals surface area contributed by atoms with E-state index >= 15 is 0 Å². The molecule has 2 nitrogen and oxygen atoms in total. The largest absolute Gasteiger partial charge is 0.327 e. The van der Waals surface area contributed by atoms with Crippen LogP contribution >= 0.6 is 0 Å². The van der Waals surface area contributed by atoms with E-state index in [1.54, 1.807) is 0 Å². The molecule has 1 saturated heterocycles. The van der Waals surface area contributed by atoms with E-state index in [0.717, 1.165) is 11.8 Å². The minimum atomic E-state index is 0.518. The van der Waals surface area contributed by atoms with Crippen LogP contribution in [0.3, 0.4) is 0 Å². The highest BCUT2D eigenvalue weighted by atomic mass is 15.1. The smallest absolute Gasteiger partial charge is 0.0139 e. The Kier molecular flexibility index (Phi) is 1.94. The second kappa shape index (κ2) is 2.96. The van der Waals surface area contributed by atoms with Gasteiger partial charge in [-0.1, -0.05) is 0 Å². The van der Waals surface area contributed by atoms with Crippen molar-refractivity contribution in [1.82, 2.24) is 4.90 Å². The number of nitrogens with zero attached hydrogens (tertiary/aromatic N) is 1. The van der Waals surface area contributed by atoms with Crippen LogP contribution in [0.1, 0.15) is 32.1 Å². The van der Waals surface area contributed by atoms with E-state index < -0.39 is 0 Å². The first-order valence-electron chi connectivity index (χ1n) is 6.16.